The fraction of sp³-hybridized carbons (Fsp3) is 0.647. The molecule has 1 fully saturated rings. The van der Waals surface area contributed by atoms with Crippen molar-refractivity contribution in [1.82, 2.24) is 0 Å². The summed E-state index contributed by atoms with van der Waals surface area (Å²) >= 11 is 0. The van der Waals surface area contributed by atoms with E-state index in [1.54, 1.807) is 0 Å². The van der Waals surface area contributed by atoms with Crippen LogP contribution in [0.25, 0.3) is 0 Å². The van der Waals surface area contributed by atoms with E-state index in [-0.39, 0.29) is 11.5 Å². The molecule has 0 aromatic heterocycles. The van der Waals surface area contributed by atoms with Crippen molar-refractivity contribution in [3.8, 4) is 0 Å². The second-order valence-corrected chi connectivity index (χ2v) is 6.74. The van der Waals surface area contributed by atoms with Crippen molar-refractivity contribution in [1.29, 1.82) is 0 Å². The molecule has 100 valence electrons. The van der Waals surface area contributed by atoms with Crippen molar-refractivity contribution in [2.24, 2.45) is 17.3 Å². The number of hydrogen-bond donors (Lipinski definition) is 1. The molecule has 1 heteroatoms. The van der Waals surface area contributed by atoms with E-state index in [4.69, 9.17) is 0 Å². The molecule has 1 aromatic rings. The van der Waals surface area contributed by atoms with Gasteiger partial charge in [-0.1, -0.05) is 63.4 Å². The fourth-order valence-electron chi connectivity index (χ4n) is 3.71. The molecule has 0 spiro atoms. The Morgan fingerprint density at radius 3 is 2.39 bits per heavy atom. The van der Waals surface area contributed by atoms with Gasteiger partial charge >= 0.3 is 0 Å². The largest absolute Gasteiger partial charge is 0.388 e. The van der Waals surface area contributed by atoms with Gasteiger partial charge in [0.2, 0.25) is 0 Å². The minimum atomic E-state index is -0.323. The highest BCUT2D eigenvalue weighted by atomic mass is 16.3. The molecule has 0 bridgehead atoms. The molecule has 0 saturated heterocycles. The standard InChI is InChI=1S/C17H26O/c1-12-7-9-14(10-8-12)16(18)15-13(2)6-5-11-17(15,3)4/h7-10,13,15-16,18H,5-6,11H2,1-4H3/t13-,15-,16+/m0/s1. The van der Waals surface area contributed by atoms with Crippen LogP contribution in [0, 0.1) is 24.2 Å². The summed E-state index contributed by atoms with van der Waals surface area (Å²) in [6, 6.07) is 8.35. The molecule has 1 aromatic carbocycles. The number of rotatable bonds is 2. The zero-order chi connectivity index (χ0) is 13.3. The maximum atomic E-state index is 10.7. The van der Waals surface area contributed by atoms with E-state index in [1.807, 2.05) is 0 Å². The van der Waals surface area contributed by atoms with Crippen LogP contribution in [0.3, 0.4) is 0 Å². The van der Waals surface area contributed by atoms with Crippen molar-refractivity contribution in [2.45, 2.75) is 53.1 Å². The summed E-state index contributed by atoms with van der Waals surface area (Å²) in [5, 5.41) is 10.7. The fourth-order valence-corrected chi connectivity index (χ4v) is 3.71. The Morgan fingerprint density at radius 1 is 1.22 bits per heavy atom. The Morgan fingerprint density at radius 2 is 1.83 bits per heavy atom. The molecule has 1 aliphatic rings. The van der Waals surface area contributed by atoms with Gasteiger partial charge in [-0.2, -0.15) is 0 Å². The van der Waals surface area contributed by atoms with Crippen molar-refractivity contribution >= 4 is 0 Å². The first kappa shape index (κ1) is 13.6. The highest BCUT2D eigenvalue weighted by Gasteiger charge is 2.41. The Hall–Kier alpha value is -0.820. The first-order valence-corrected chi connectivity index (χ1v) is 7.16. The lowest BCUT2D eigenvalue weighted by atomic mass is 9.61. The van der Waals surface area contributed by atoms with Gasteiger partial charge in [0.25, 0.3) is 0 Å². The van der Waals surface area contributed by atoms with E-state index < -0.39 is 0 Å². The molecule has 0 aliphatic heterocycles. The van der Waals surface area contributed by atoms with Gasteiger partial charge in [0, 0.05) is 0 Å². The maximum Gasteiger partial charge on any atom is 0.0825 e. The van der Waals surface area contributed by atoms with Crippen LogP contribution in [0.1, 0.15) is 57.3 Å². The molecule has 2 rings (SSSR count). The van der Waals surface area contributed by atoms with E-state index in [0.29, 0.717) is 11.8 Å². The van der Waals surface area contributed by atoms with Crippen molar-refractivity contribution in [2.75, 3.05) is 0 Å². The Kier molecular flexibility index (Phi) is 3.82. The third-order valence-corrected chi connectivity index (χ3v) is 4.76. The summed E-state index contributed by atoms with van der Waals surface area (Å²) in [4.78, 5) is 0. The van der Waals surface area contributed by atoms with E-state index in [0.717, 1.165) is 5.56 Å². The van der Waals surface area contributed by atoms with Gasteiger partial charge in [0.05, 0.1) is 6.10 Å². The summed E-state index contributed by atoms with van der Waals surface area (Å²) in [7, 11) is 0. The zero-order valence-corrected chi connectivity index (χ0v) is 12.1. The molecule has 0 radical (unpaired) electrons. The first-order valence-electron chi connectivity index (χ1n) is 7.16. The van der Waals surface area contributed by atoms with Gasteiger partial charge in [-0.15, -0.1) is 0 Å². The van der Waals surface area contributed by atoms with E-state index in [1.165, 1.54) is 24.8 Å². The molecular formula is C17H26O. The van der Waals surface area contributed by atoms with Gasteiger partial charge in [-0.25, -0.2) is 0 Å². The SMILES string of the molecule is Cc1ccc([C@@H](O)[C@@H]2[C@@H](C)CCCC2(C)C)cc1. The molecule has 1 nitrogen and oxygen atoms in total. The molecular weight excluding hydrogens is 220 g/mol. The molecule has 18 heavy (non-hydrogen) atoms. The zero-order valence-electron chi connectivity index (χ0n) is 12.1. The van der Waals surface area contributed by atoms with Crippen LogP contribution in [0.15, 0.2) is 24.3 Å². The predicted octanol–water partition coefficient (Wildman–Crippen LogP) is 4.49. The molecule has 1 aliphatic carbocycles. The smallest absolute Gasteiger partial charge is 0.0825 e. The molecule has 3 atom stereocenters. The van der Waals surface area contributed by atoms with E-state index in [9.17, 15) is 5.11 Å². The minimum absolute atomic E-state index is 0.238. The molecule has 0 unspecified atom stereocenters. The third-order valence-electron chi connectivity index (χ3n) is 4.76. The second-order valence-electron chi connectivity index (χ2n) is 6.74. The van der Waals surface area contributed by atoms with Crippen LogP contribution in [0.4, 0.5) is 0 Å². The summed E-state index contributed by atoms with van der Waals surface area (Å²) in [6.45, 7) is 9.00. The van der Waals surface area contributed by atoms with Crippen molar-refractivity contribution in [3.63, 3.8) is 0 Å². The quantitative estimate of drug-likeness (QED) is 0.815. The van der Waals surface area contributed by atoms with Gasteiger partial charge in [-0.3, -0.25) is 0 Å². The number of hydrogen-bond acceptors (Lipinski definition) is 1. The monoisotopic (exact) mass is 246 g/mol. The first-order chi connectivity index (χ1) is 8.42. The van der Waals surface area contributed by atoms with Gasteiger partial charge < -0.3 is 5.11 Å². The summed E-state index contributed by atoms with van der Waals surface area (Å²) in [5.74, 6) is 0.971. The lowest BCUT2D eigenvalue weighted by Crippen LogP contribution is -2.37. The number of aliphatic hydroxyl groups is 1. The number of aryl methyl sites for hydroxylation is 1. The van der Waals surface area contributed by atoms with Gasteiger partial charge in [0.1, 0.15) is 0 Å². The highest BCUT2D eigenvalue weighted by molar-refractivity contribution is 5.24. The molecule has 0 heterocycles. The molecule has 1 N–H and O–H groups in total. The average Bonchev–Trinajstić information content (AvgIpc) is 2.28. The van der Waals surface area contributed by atoms with Crippen molar-refractivity contribution < 1.29 is 5.11 Å². The normalized spacial score (nSPS) is 28.9. The summed E-state index contributed by atoms with van der Waals surface area (Å²) < 4.78 is 0. The predicted molar refractivity (Wildman–Crippen MR) is 76.4 cm³/mol. The average molecular weight is 246 g/mol. The number of benzene rings is 1. The van der Waals surface area contributed by atoms with E-state index >= 15 is 0 Å². The van der Waals surface area contributed by atoms with Crippen LogP contribution in [0.5, 0.6) is 0 Å². The molecule has 1 saturated carbocycles. The summed E-state index contributed by atoms with van der Waals surface area (Å²) in [6.07, 6.45) is 3.45. The van der Waals surface area contributed by atoms with Crippen LogP contribution in [-0.2, 0) is 0 Å². The topological polar surface area (TPSA) is 20.2 Å². The van der Waals surface area contributed by atoms with Crippen LogP contribution in [-0.4, -0.2) is 5.11 Å². The minimum Gasteiger partial charge on any atom is -0.388 e. The Balaban J connectivity index is 2.25. The van der Waals surface area contributed by atoms with Gasteiger partial charge in [0.15, 0.2) is 0 Å². The second kappa shape index (κ2) is 5.05. The Labute approximate surface area is 111 Å². The van der Waals surface area contributed by atoms with Crippen LogP contribution < -0.4 is 0 Å². The maximum absolute atomic E-state index is 10.7. The van der Waals surface area contributed by atoms with E-state index in [2.05, 4.69) is 52.0 Å². The summed E-state index contributed by atoms with van der Waals surface area (Å²) in [5.41, 5.74) is 2.57. The van der Waals surface area contributed by atoms with Gasteiger partial charge in [-0.05, 0) is 36.2 Å². The lowest BCUT2D eigenvalue weighted by molar-refractivity contribution is -0.0292. The highest BCUT2D eigenvalue weighted by Crippen LogP contribution is 2.49. The molecule has 0 amide bonds. The number of aliphatic hydroxyl groups excluding tert-OH is 1. The Bertz CT molecular complexity index is 391. The van der Waals surface area contributed by atoms with Crippen LogP contribution >= 0.6 is 0 Å². The van der Waals surface area contributed by atoms with Crippen molar-refractivity contribution in [3.05, 3.63) is 35.4 Å². The lowest BCUT2D eigenvalue weighted by Gasteiger charge is -2.45. The third kappa shape index (κ3) is 2.61. The van der Waals surface area contributed by atoms with Crippen LogP contribution in [0.2, 0.25) is 0 Å².